The molecule has 5 heteroatoms. The van der Waals surface area contributed by atoms with E-state index in [1.54, 1.807) is 7.11 Å². The zero-order valence-electron chi connectivity index (χ0n) is 14.5. The average molecular weight is 338 g/mol. The molecule has 0 aliphatic rings. The van der Waals surface area contributed by atoms with Gasteiger partial charge >= 0.3 is 0 Å². The second-order valence-corrected chi connectivity index (χ2v) is 5.75. The number of nitrogens with one attached hydrogen (secondary N) is 1. The quantitative estimate of drug-likeness (QED) is 0.733. The third-order valence-electron chi connectivity index (χ3n) is 3.99. The Labute approximate surface area is 145 Å². The fourth-order valence-corrected chi connectivity index (χ4v) is 2.70. The van der Waals surface area contributed by atoms with Crippen LogP contribution in [0.2, 0.25) is 0 Å². The number of hydrogen-bond acceptors (Lipinski definition) is 4. The molecule has 0 fully saturated rings. The van der Waals surface area contributed by atoms with Crippen molar-refractivity contribution >= 4 is 29.0 Å². The van der Waals surface area contributed by atoms with Crippen LogP contribution in [0.5, 0.6) is 5.75 Å². The molecular formula is C18H28ClN3O. The highest BCUT2D eigenvalue weighted by molar-refractivity contribution is 5.91. The van der Waals surface area contributed by atoms with Crippen LogP contribution in [0.15, 0.2) is 30.5 Å². The number of fused-ring (bicyclic) bond motifs is 1. The van der Waals surface area contributed by atoms with Crippen molar-refractivity contribution in [2.24, 2.45) is 0 Å². The normalized spacial score (nSPS) is 10.9. The lowest BCUT2D eigenvalue weighted by Gasteiger charge is -2.24. The Morgan fingerprint density at radius 3 is 2.74 bits per heavy atom. The van der Waals surface area contributed by atoms with Gasteiger partial charge in [0.15, 0.2) is 0 Å². The van der Waals surface area contributed by atoms with E-state index in [9.17, 15) is 0 Å². The van der Waals surface area contributed by atoms with E-state index in [2.05, 4.69) is 42.0 Å². The lowest BCUT2D eigenvalue weighted by molar-refractivity contribution is 0.233. The highest BCUT2D eigenvalue weighted by Crippen LogP contribution is 2.27. The summed E-state index contributed by atoms with van der Waals surface area (Å²) in [5.41, 5.74) is 2.04. The first-order valence-electron chi connectivity index (χ1n) is 8.06. The molecule has 0 atom stereocenters. The predicted molar refractivity (Wildman–Crippen MR) is 101 cm³/mol. The van der Waals surface area contributed by atoms with Crippen LogP contribution in [-0.2, 0) is 0 Å². The van der Waals surface area contributed by atoms with Crippen LogP contribution in [-0.4, -0.2) is 42.7 Å². The van der Waals surface area contributed by atoms with Crippen LogP contribution in [0.25, 0.3) is 10.9 Å². The summed E-state index contributed by atoms with van der Waals surface area (Å²) in [6, 6.07) is 8.66. The first-order valence-corrected chi connectivity index (χ1v) is 8.06. The molecule has 2 aromatic rings. The highest BCUT2D eigenvalue weighted by Gasteiger charge is 2.07. The maximum Gasteiger partial charge on any atom is 0.121 e. The number of halogens is 1. The zero-order valence-corrected chi connectivity index (χ0v) is 15.3. The minimum atomic E-state index is 0. The smallest absolute Gasteiger partial charge is 0.121 e. The van der Waals surface area contributed by atoms with E-state index < -0.39 is 0 Å². The van der Waals surface area contributed by atoms with Gasteiger partial charge in [-0.25, -0.2) is 0 Å². The standard InChI is InChI=1S/C18H27N3O.ClH/c1-5-21(14(2)3)11-7-10-19-17-13-16(22-4)12-15-8-6-9-20-18(15)17;/h6,8-9,12-14,19H,5,7,10-11H2,1-4H3;1H. The lowest BCUT2D eigenvalue weighted by Crippen LogP contribution is -2.32. The number of ether oxygens (including phenoxy) is 1. The van der Waals surface area contributed by atoms with E-state index >= 15 is 0 Å². The summed E-state index contributed by atoms with van der Waals surface area (Å²) in [5, 5.41) is 4.61. The molecule has 0 aliphatic carbocycles. The SMILES string of the molecule is CCN(CCCNc1cc(OC)cc2cccnc12)C(C)C.Cl. The number of anilines is 1. The van der Waals surface area contributed by atoms with Crippen molar-refractivity contribution in [3.05, 3.63) is 30.5 Å². The van der Waals surface area contributed by atoms with E-state index in [1.807, 2.05) is 24.4 Å². The van der Waals surface area contributed by atoms with Crippen molar-refractivity contribution in [2.75, 3.05) is 32.1 Å². The van der Waals surface area contributed by atoms with Crippen molar-refractivity contribution in [1.82, 2.24) is 9.88 Å². The van der Waals surface area contributed by atoms with Crippen LogP contribution in [0.4, 0.5) is 5.69 Å². The van der Waals surface area contributed by atoms with Gasteiger partial charge in [0.05, 0.1) is 18.3 Å². The van der Waals surface area contributed by atoms with Gasteiger partial charge < -0.3 is 15.0 Å². The average Bonchev–Trinajstić information content (AvgIpc) is 2.54. The summed E-state index contributed by atoms with van der Waals surface area (Å²) in [5.74, 6) is 0.861. The van der Waals surface area contributed by atoms with Gasteiger partial charge in [-0.2, -0.15) is 0 Å². The fourth-order valence-electron chi connectivity index (χ4n) is 2.70. The third kappa shape index (κ3) is 5.26. The van der Waals surface area contributed by atoms with Gasteiger partial charge in [-0.15, -0.1) is 12.4 Å². The molecule has 0 radical (unpaired) electrons. The molecule has 0 saturated heterocycles. The fraction of sp³-hybridized carbons (Fsp3) is 0.500. The molecule has 0 saturated carbocycles. The summed E-state index contributed by atoms with van der Waals surface area (Å²) in [4.78, 5) is 6.96. The number of methoxy groups -OCH3 is 1. The number of nitrogens with zero attached hydrogens (tertiary/aromatic N) is 2. The van der Waals surface area contributed by atoms with Crippen LogP contribution in [0, 0.1) is 0 Å². The molecule has 23 heavy (non-hydrogen) atoms. The van der Waals surface area contributed by atoms with Crippen LogP contribution in [0.3, 0.4) is 0 Å². The van der Waals surface area contributed by atoms with Gasteiger partial charge in [0.2, 0.25) is 0 Å². The molecule has 1 aromatic heterocycles. The van der Waals surface area contributed by atoms with E-state index in [-0.39, 0.29) is 12.4 Å². The largest absolute Gasteiger partial charge is 0.497 e. The van der Waals surface area contributed by atoms with Gasteiger partial charge in [0, 0.05) is 36.8 Å². The summed E-state index contributed by atoms with van der Waals surface area (Å²) >= 11 is 0. The second kappa shape index (κ2) is 9.58. The van der Waals surface area contributed by atoms with E-state index in [0.29, 0.717) is 6.04 Å². The summed E-state index contributed by atoms with van der Waals surface area (Å²) in [6.07, 6.45) is 2.94. The number of rotatable bonds is 8. The maximum atomic E-state index is 5.38. The van der Waals surface area contributed by atoms with Gasteiger partial charge in [0.1, 0.15) is 5.75 Å². The van der Waals surface area contributed by atoms with Crippen LogP contribution in [0.1, 0.15) is 27.2 Å². The molecule has 128 valence electrons. The molecule has 2 rings (SSSR count). The molecule has 0 spiro atoms. The Morgan fingerprint density at radius 2 is 2.09 bits per heavy atom. The molecule has 1 aromatic carbocycles. The van der Waals surface area contributed by atoms with Crippen molar-refractivity contribution < 1.29 is 4.74 Å². The number of pyridine rings is 1. The first kappa shape index (κ1) is 19.5. The third-order valence-corrected chi connectivity index (χ3v) is 3.99. The molecule has 4 nitrogen and oxygen atoms in total. The van der Waals surface area contributed by atoms with Crippen molar-refractivity contribution in [1.29, 1.82) is 0 Å². The molecule has 1 N–H and O–H groups in total. The van der Waals surface area contributed by atoms with Crippen LogP contribution < -0.4 is 10.1 Å². The summed E-state index contributed by atoms with van der Waals surface area (Å²) in [6.45, 7) is 9.85. The summed E-state index contributed by atoms with van der Waals surface area (Å²) < 4.78 is 5.38. The number of hydrogen-bond donors (Lipinski definition) is 1. The molecular weight excluding hydrogens is 310 g/mol. The predicted octanol–water partition coefficient (Wildman–Crippen LogP) is 4.20. The van der Waals surface area contributed by atoms with E-state index in [0.717, 1.165) is 48.4 Å². The van der Waals surface area contributed by atoms with E-state index in [4.69, 9.17) is 4.74 Å². The van der Waals surface area contributed by atoms with E-state index in [1.165, 1.54) is 0 Å². The topological polar surface area (TPSA) is 37.4 Å². The van der Waals surface area contributed by atoms with Gasteiger partial charge in [-0.3, -0.25) is 4.98 Å². The maximum absolute atomic E-state index is 5.38. The Hall–Kier alpha value is -1.52. The minimum Gasteiger partial charge on any atom is -0.497 e. The Bertz CT molecular complexity index is 604. The van der Waals surface area contributed by atoms with Crippen molar-refractivity contribution in [3.63, 3.8) is 0 Å². The van der Waals surface area contributed by atoms with Crippen molar-refractivity contribution in [3.8, 4) is 5.75 Å². The Kier molecular flexibility index (Phi) is 8.13. The minimum absolute atomic E-state index is 0. The first-order chi connectivity index (χ1) is 10.7. The highest BCUT2D eigenvalue weighted by atomic mass is 35.5. The Balaban J connectivity index is 0.00000264. The molecule has 0 aliphatic heterocycles. The zero-order chi connectivity index (χ0) is 15.9. The number of aromatic nitrogens is 1. The van der Waals surface area contributed by atoms with Crippen molar-refractivity contribution in [2.45, 2.75) is 33.2 Å². The van der Waals surface area contributed by atoms with Crippen LogP contribution >= 0.6 is 12.4 Å². The second-order valence-electron chi connectivity index (χ2n) is 5.75. The molecule has 1 heterocycles. The summed E-state index contributed by atoms with van der Waals surface area (Å²) in [7, 11) is 1.70. The van der Waals surface area contributed by atoms with Gasteiger partial charge in [-0.1, -0.05) is 13.0 Å². The number of benzene rings is 1. The van der Waals surface area contributed by atoms with Gasteiger partial charge in [0.25, 0.3) is 0 Å². The monoisotopic (exact) mass is 337 g/mol. The molecule has 0 bridgehead atoms. The molecule has 0 amide bonds. The van der Waals surface area contributed by atoms with Gasteiger partial charge in [-0.05, 0) is 38.9 Å². The molecule has 0 unspecified atom stereocenters. The lowest BCUT2D eigenvalue weighted by atomic mass is 10.1. The Morgan fingerprint density at radius 1 is 1.30 bits per heavy atom.